The quantitative estimate of drug-likeness (QED) is 0.0186. The third-order valence-electron chi connectivity index (χ3n) is 11.7. The van der Waals surface area contributed by atoms with Crippen molar-refractivity contribution in [3.8, 4) is 23.0 Å². The zero-order valence-corrected chi connectivity index (χ0v) is 38.4. The molecule has 0 amide bonds. The lowest BCUT2D eigenvalue weighted by molar-refractivity contribution is 0.0394. The number of rotatable bonds is 24. The number of hydrogen-bond donors (Lipinski definition) is 0. The first kappa shape index (κ1) is 48.1. The predicted molar refractivity (Wildman–Crippen MR) is 267 cm³/mol. The molecular formula is C58H50O12. The molecular weight excluding hydrogens is 889 g/mol. The van der Waals surface area contributed by atoms with Crippen LogP contribution in [-0.4, -0.2) is 49.9 Å². The lowest BCUT2D eigenvalue weighted by Crippen LogP contribution is -2.20. The number of carbonyl (C=O) groups excluding carboxylic acids is 4. The molecule has 2 heterocycles. The molecule has 1 aliphatic rings. The Balaban J connectivity index is 0.795. The summed E-state index contributed by atoms with van der Waals surface area (Å²) in [7, 11) is 0. The molecule has 0 aliphatic carbocycles. The molecule has 0 saturated heterocycles. The van der Waals surface area contributed by atoms with E-state index in [1.165, 1.54) is 12.1 Å². The highest BCUT2D eigenvalue weighted by Gasteiger charge is 2.31. The third-order valence-corrected chi connectivity index (χ3v) is 11.7. The van der Waals surface area contributed by atoms with Gasteiger partial charge in [0.2, 0.25) is 0 Å². The van der Waals surface area contributed by atoms with Gasteiger partial charge in [0.1, 0.15) is 34.1 Å². The highest BCUT2D eigenvalue weighted by molar-refractivity contribution is 6.22. The zero-order chi connectivity index (χ0) is 48.7. The normalized spacial score (nSPS) is 12.1. The number of ether oxygens (including phenoxy) is 5. The number of benzene rings is 6. The molecule has 8 rings (SSSR count). The number of hydrogen-bond acceptors (Lipinski definition) is 12. The van der Waals surface area contributed by atoms with Gasteiger partial charge < -0.3 is 28.1 Å². The van der Waals surface area contributed by atoms with Gasteiger partial charge in [0, 0.05) is 11.1 Å². The van der Waals surface area contributed by atoms with Gasteiger partial charge in [-0.3, -0.25) is 9.59 Å². The Kier molecular flexibility index (Phi) is 16.2. The minimum Gasteiger partial charge on any atom is -0.494 e. The van der Waals surface area contributed by atoms with E-state index in [0.29, 0.717) is 37.2 Å². The van der Waals surface area contributed by atoms with E-state index in [-0.39, 0.29) is 69.0 Å². The minimum atomic E-state index is -1.12. The van der Waals surface area contributed by atoms with E-state index in [0.717, 1.165) is 61.2 Å². The minimum absolute atomic E-state index is 0.0200. The second-order valence-electron chi connectivity index (χ2n) is 16.6. The van der Waals surface area contributed by atoms with Crippen LogP contribution in [0.4, 0.5) is 0 Å². The molecule has 12 nitrogen and oxygen atoms in total. The molecule has 6 aromatic carbocycles. The van der Waals surface area contributed by atoms with E-state index in [2.05, 4.69) is 0 Å². The van der Waals surface area contributed by atoms with Gasteiger partial charge >= 0.3 is 23.2 Å². The fraction of sp³-hybridized carbons (Fsp3) is 0.207. The predicted octanol–water partition coefficient (Wildman–Crippen LogP) is 11.4. The number of esters is 2. The number of allylic oxidation sites excluding steroid dienone is 2. The largest absolute Gasteiger partial charge is 0.494 e. The van der Waals surface area contributed by atoms with E-state index in [9.17, 15) is 28.8 Å². The summed E-state index contributed by atoms with van der Waals surface area (Å²) in [6.07, 6.45) is 12.7. The number of ketones is 2. The summed E-state index contributed by atoms with van der Waals surface area (Å²) in [6.45, 7) is 1.40. The van der Waals surface area contributed by atoms with Crippen molar-refractivity contribution in [1.82, 2.24) is 0 Å². The van der Waals surface area contributed by atoms with Crippen molar-refractivity contribution in [3.63, 3.8) is 0 Å². The summed E-state index contributed by atoms with van der Waals surface area (Å²) in [5, 5.41) is -0.00296. The van der Waals surface area contributed by atoms with Gasteiger partial charge in [-0.1, -0.05) is 97.1 Å². The first-order valence-corrected chi connectivity index (χ1v) is 23.4. The van der Waals surface area contributed by atoms with Crippen LogP contribution in [0, 0.1) is 0 Å². The van der Waals surface area contributed by atoms with Gasteiger partial charge in [0.15, 0.2) is 11.6 Å². The molecule has 0 N–H and O–H groups in total. The topological polar surface area (TPSA) is 162 Å². The number of unbranched alkanes of at least 4 members (excludes halogenated alkanes) is 6. The zero-order valence-electron chi connectivity index (χ0n) is 38.4. The SMILES string of the molecule is O=C(C=Cc1ccc(OCCCCCCOc2ccc3c4c2C(=O)OC(=O)c2c(OCCCCCCOc5ccc(C=CC(=O)c6ccccc6)cc5)ccc3c2c(=O)oc4=O)cc1)c1ccccc1. The fourth-order valence-corrected chi connectivity index (χ4v) is 8.01. The van der Waals surface area contributed by atoms with Crippen molar-refractivity contribution in [3.05, 3.63) is 200 Å². The Morgan fingerprint density at radius 1 is 0.414 bits per heavy atom. The van der Waals surface area contributed by atoms with Gasteiger partial charge in [0.25, 0.3) is 0 Å². The molecule has 6 bridgehead atoms. The average Bonchev–Trinajstić information content (AvgIpc) is 3.48. The molecule has 0 unspecified atom stereocenters. The lowest BCUT2D eigenvalue weighted by atomic mass is 10.00. The molecule has 354 valence electrons. The molecule has 0 radical (unpaired) electrons. The van der Waals surface area contributed by atoms with Crippen molar-refractivity contribution in [2.45, 2.75) is 51.4 Å². The lowest BCUT2D eigenvalue weighted by Gasteiger charge is -2.13. The summed E-state index contributed by atoms with van der Waals surface area (Å²) in [6, 6.07) is 39.3. The van der Waals surface area contributed by atoms with Gasteiger partial charge in [-0.2, -0.15) is 0 Å². The Bertz CT molecular complexity index is 2960. The maximum absolute atomic E-state index is 13.7. The van der Waals surface area contributed by atoms with Crippen LogP contribution in [0.2, 0.25) is 0 Å². The Labute approximate surface area is 403 Å². The summed E-state index contributed by atoms with van der Waals surface area (Å²) in [5.41, 5.74) is 0.296. The van der Waals surface area contributed by atoms with Gasteiger partial charge in [-0.05, 0) is 134 Å². The van der Waals surface area contributed by atoms with Crippen LogP contribution in [0.5, 0.6) is 23.0 Å². The van der Waals surface area contributed by atoms with E-state index >= 15 is 0 Å². The molecule has 7 aromatic rings. The maximum Gasteiger partial charge on any atom is 0.350 e. The monoisotopic (exact) mass is 938 g/mol. The molecule has 0 fully saturated rings. The van der Waals surface area contributed by atoms with Crippen molar-refractivity contribution < 1.29 is 47.3 Å². The molecule has 1 aromatic heterocycles. The Morgan fingerprint density at radius 2 is 0.786 bits per heavy atom. The average molecular weight is 939 g/mol. The molecule has 12 heteroatoms. The summed E-state index contributed by atoms with van der Waals surface area (Å²) in [4.78, 5) is 79.1. The van der Waals surface area contributed by atoms with E-state index in [1.807, 2.05) is 84.9 Å². The number of carbonyl (C=O) groups is 4. The highest BCUT2D eigenvalue weighted by atomic mass is 16.6. The maximum atomic E-state index is 13.7. The van der Waals surface area contributed by atoms with Gasteiger partial charge in [-0.15, -0.1) is 0 Å². The molecule has 70 heavy (non-hydrogen) atoms. The van der Waals surface area contributed by atoms with Crippen LogP contribution in [0.1, 0.15) is 104 Å². The molecule has 1 aliphatic heterocycles. The summed E-state index contributed by atoms with van der Waals surface area (Å²) >= 11 is 0. The Hall–Kier alpha value is -8.38. The second-order valence-corrected chi connectivity index (χ2v) is 16.6. The van der Waals surface area contributed by atoms with Crippen LogP contribution >= 0.6 is 0 Å². The van der Waals surface area contributed by atoms with Crippen LogP contribution in [0.25, 0.3) is 33.7 Å². The van der Waals surface area contributed by atoms with Crippen molar-refractivity contribution in [2.24, 2.45) is 0 Å². The van der Waals surface area contributed by atoms with E-state index in [1.54, 1.807) is 60.7 Å². The summed E-state index contributed by atoms with van der Waals surface area (Å²) in [5.74, 6) is -0.883. The smallest absolute Gasteiger partial charge is 0.350 e. The number of cyclic esters (lactones) is 2. The first-order chi connectivity index (χ1) is 34.2. The first-order valence-electron chi connectivity index (χ1n) is 23.4. The van der Waals surface area contributed by atoms with Gasteiger partial charge in [-0.25, -0.2) is 19.2 Å². The van der Waals surface area contributed by atoms with E-state index < -0.39 is 23.2 Å². The highest BCUT2D eigenvalue weighted by Crippen LogP contribution is 2.36. The molecule has 0 spiro atoms. The fourth-order valence-electron chi connectivity index (χ4n) is 8.01. The third kappa shape index (κ3) is 12.2. The van der Waals surface area contributed by atoms with Crippen LogP contribution in [0.15, 0.2) is 160 Å². The molecule has 0 saturated carbocycles. The van der Waals surface area contributed by atoms with Gasteiger partial charge in [0.05, 0.1) is 37.2 Å². The van der Waals surface area contributed by atoms with Crippen LogP contribution < -0.4 is 30.2 Å². The van der Waals surface area contributed by atoms with Crippen molar-refractivity contribution in [2.75, 3.05) is 26.4 Å². The van der Waals surface area contributed by atoms with Crippen LogP contribution in [0.3, 0.4) is 0 Å². The standard InChI is InChI=1S/C58H50O12/c59-47(41-15-7-5-8-16-41)31-23-39-19-25-43(26-20-39)65-35-11-1-3-13-37-67-49-33-29-45-46-30-34-50(54-52(46)56(62)69-55(61)51(45)53(49)57(63)70-58(54)64)68-38-14-4-2-12-36-66-44-27-21-40(22-28-44)24-32-48(60)42-17-9-6-10-18-42/h5-10,15-34H,1-4,11-14,35-38H2. The molecule has 0 atom stereocenters. The van der Waals surface area contributed by atoms with Crippen LogP contribution in [-0.2, 0) is 4.74 Å². The van der Waals surface area contributed by atoms with Crippen molar-refractivity contribution in [1.29, 1.82) is 0 Å². The second kappa shape index (κ2) is 23.6. The van der Waals surface area contributed by atoms with Crippen molar-refractivity contribution >= 4 is 57.2 Å². The summed E-state index contributed by atoms with van der Waals surface area (Å²) < 4.78 is 34.4. The van der Waals surface area contributed by atoms with E-state index in [4.69, 9.17) is 28.1 Å². The Morgan fingerprint density at radius 3 is 1.17 bits per heavy atom.